The SMILES string of the molecule is Cc1cc(N2N=C3c4ccc(C(=O)N5CCC(NS(C)(=O)=O)CC5)nc4CCC3C2C2CCCC2)ccc1C#N. The Balaban J connectivity index is 1.25. The molecular weight excluding hydrogens is 524 g/mol. The van der Waals surface area contributed by atoms with Crippen LogP contribution >= 0.6 is 0 Å². The molecular formula is C30H36N6O3S. The van der Waals surface area contributed by atoms with Gasteiger partial charge in [0.1, 0.15) is 5.69 Å². The van der Waals surface area contributed by atoms with Crippen molar-refractivity contribution in [2.75, 3.05) is 24.4 Å². The Labute approximate surface area is 236 Å². The van der Waals surface area contributed by atoms with Crippen LogP contribution in [0.1, 0.15) is 77.8 Å². The molecule has 4 aliphatic rings. The molecule has 40 heavy (non-hydrogen) atoms. The van der Waals surface area contributed by atoms with E-state index in [0.717, 1.165) is 41.1 Å². The van der Waals surface area contributed by atoms with Gasteiger partial charge < -0.3 is 4.90 Å². The van der Waals surface area contributed by atoms with Crippen molar-refractivity contribution in [2.45, 2.75) is 70.4 Å². The Kier molecular flexibility index (Phi) is 7.13. The largest absolute Gasteiger partial charge is 0.337 e. The fourth-order valence-corrected chi connectivity index (χ4v) is 7.97. The van der Waals surface area contributed by atoms with Gasteiger partial charge in [0.15, 0.2) is 0 Å². The third-order valence-corrected chi connectivity index (χ3v) is 9.82. The van der Waals surface area contributed by atoms with Crippen molar-refractivity contribution in [1.82, 2.24) is 14.6 Å². The minimum Gasteiger partial charge on any atom is -0.337 e. The first kappa shape index (κ1) is 26.9. The van der Waals surface area contributed by atoms with Gasteiger partial charge in [-0.2, -0.15) is 10.4 Å². The highest BCUT2D eigenvalue weighted by atomic mass is 32.2. The molecule has 10 heteroatoms. The number of aryl methyl sites for hydroxylation is 2. The lowest BCUT2D eigenvalue weighted by Gasteiger charge is -2.34. The number of aromatic nitrogens is 1. The highest BCUT2D eigenvalue weighted by Gasteiger charge is 2.46. The van der Waals surface area contributed by atoms with Crippen LogP contribution in [0, 0.1) is 30.1 Å². The van der Waals surface area contributed by atoms with Crippen LogP contribution in [-0.2, 0) is 16.4 Å². The fourth-order valence-electron chi connectivity index (χ4n) is 7.12. The van der Waals surface area contributed by atoms with Gasteiger partial charge in [0.2, 0.25) is 10.0 Å². The molecule has 2 unspecified atom stereocenters. The lowest BCUT2D eigenvalue weighted by atomic mass is 9.76. The Morgan fingerprint density at radius 2 is 1.82 bits per heavy atom. The molecule has 2 atom stereocenters. The molecule has 2 aliphatic heterocycles. The summed E-state index contributed by atoms with van der Waals surface area (Å²) in [6.45, 7) is 2.98. The number of hydrogen-bond donors (Lipinski definition) is 1. The summed E-state index contributed by atoms with van der Waals surface area (Å²) >= 11 is 0. The molecule has 0 spiro atoms. The van der Waals surface area contributed by atoms with Gasteiger partial charge in [0.05, 0.1) is 41.0 Å². The second kappa shape index (κ2) is 10.6. The number of piperidine rings is 1. The van der Waals surface area contributed by atoms with E-state index in [1.807, 2.05) is 31.2 Å². The number of amides is 1. The zero-order valence-corrected chi connectivity index (χ0v) is 24.0. The monoisotopic (exact) mass is 560 g/mol. The van der Waals surface area contributed by atoms with Crippen LogP contribution in [0.4, 0.5) is 5.69 Å². The van der Waals surface area contributed by atoms with Crippen LogP contribution in [0.3, 0.4) is 0 Å². The fraction of sp³-hybridized carbons (Fsp3) is 0.533. The first-order valence-electron chi connectivity index (χ1n) is 14.4. The number of anilines is 1. The molecule has 210 valence electrons. The molecule has 1 saturated heterocycles. The number of nitriles is 1. The molecule has 9 nitrogen and oxygen atoms in total. The van der Waals surface area contributed by atoms with Gasteiger partial charge in [0, 0.05) is 30.6 Å². The van der Waals surface area contributed by atoms with Crippen LogP contribution in [-0.4, -0.2) is 61.3 Å². The molecule has 1 aromatic carbocycles. The average Bonchev–Trinajstić information content (AvgIpc) is 3.60. The van der Waals surface area contributed by atoms with Gasteiger partial charge in [-0.25, -0.2) is 18.1 Å². The number of nitrogens with zero attached hydrogens (tertiary/aromatic N) is 5. The predicted molar refractivity (Wildman–Crippen MR) is 154 cm³/mol. The number of carbonyl (C=O) groups is 1. The minimum atomic E-state index is -3.26. The third-order valence-electron chi connectivity index (χ3n) is 9.06. The van der Waals surface area contributed by atoms with Crippen molar-refractivity contribution in [3.63, 3.8) is 0 Å². The quantitative estimate of drug-likeness (QED) is 0.595. The maximum absolute atomic E-state index is 13.3. The second-order valence-electron chi connectivity index (χ2n) is 11.8. The van der Waals surface area contributed by atoms with Crippen LogP contribution in [0.15, 0.2) is 35.4 Å². The van der Waals surface area contributed by atoms with Crippen LogP contribution in [0.25, 0.3) is 0 Å². The number of fused-ring (bicyclic) bond motifs is 3. The van der Waals surface area contributed by atoms with Crippen LogP contribution < -0.4 is 9.73 Å². The zero-order chi connectivity index (χ0) is 28.0. The topological polar surface area (TPSA) is 119 Å². The molecule has 2 fully saturated rings. The summed E-state index contributed by atoms with van der Waals surface area (Å²) < 4.78 is 25.8. The number of likely N-dealkylation sites (tertiary alicyclic amines) is 1. The standard InChI is InChI=1S/C30H36N6O3S/c1-19-17-23(8-7-21(19)18-31)36-29(20-5-3-4-6-20)25-10-11-26-24(28(25)33-36)9-12-27(32-26)30(37)35-15-13-22(14-16-35)34-40(2,38)39/h7-9,12,17,20,22,25,29,34H,3-6,10-11,13-16H2,1-2H3. The first-order valence-corrected chi connectivity index (χ1v) is 16.3. The van der Waals surface area contributed by atoms with Crippen LogP contribution in [0.2, 0.25) is 0 Å². The smallest absolute Gasteiger partial charge is 0.272 e. The van der Waals surface area contributed by atoms with E-state index in [1.54, 1.807) is 4.90 Å². The number of benzene rings is 1. The van der Waals surface area contributed by atoms with E-state index in [2.05, 4.69) is 21.9 Å². The van der Waals surface area contributed by atoms with Gasteiger partial charge in [-0.05, 0) is 87.3 Å². The Morgan fingerprint density at radius 1 is 1.07 bits per heavy atom. The van der Waals surface area contributed by atoms with E-state index in [9.17, 15) is 18.5 Å². The number of pyridine rings is 1. The molecule has 1 aromatic heterocycles. The van der Waals surface area contributed by atoms with E-state index in [-0.39, 0.29) is 11.9 Å². The molecule has 1 N–H and O–H groups in total. The molecule has 6 rings (SSSR count). The number of hydrogen-bond acceptors (Lipinski definition) is 7. The first-order chi connectivity index (χ1) is 19.2. The van der Waals surface area contributed by atoms with E-state index in [1.165, 1.54) is 31.9 Å². The van der Waals surface area contributed by atoms with E-state index < -0.39 is 10.0 Å². The summed E-state index contributed by atoms with van der Waals surface area (Å²) in [6, 6.07) is 12.3. The number of nitrogens with one attached hydrogen (secondary N) is 1. The molecule has 0 bridgehead atoms. The highest BCUT2D eigenvalue weighted by molar-refractivity contribution is 7.88. The summed E-state index contributed by atoms with van der Waals surface area (Å²) in [5, 5.41) is 16.9. The summed E-state index contributed by atoms with van der Waals surface area (Å²) in [5.41, 5.74) is 6.16. The highest BCUT2D eigenvalue weighted by Crippen LogP contribution is 2.44. The molecule has 2 aromatic rings. The summed E-state index contributed by atoms with van der Waals surface area (Å²) in [5.74, 6) is 0.795. The van der Waals surface area contributed by atoms with E-state index >= 15 is 0 Å². The van der Waals surface area contributed by atoms with Crippen molar-refractivity contribution in [3.05, 3.63) is 58.4 Å². The van der Waals surface area contributed by atoms with Crippen molar-refractivity contribution < 1.29 is 13.2 Å². The zero-order valence-electron chi connectivity index (χ0n) is 23.1. The maximum atomic E-state index is 13.3. The Morgan fingerprint density at radius 3 is 2.50 bits per heavy atom. The van der Waals surface area contributed by atoms with Crippen molar-refractivity contribution in [3.8, 4) is 6.07 Å². The third kappa shape index (κ3) is 5.13. The second-order valence-corrected chi connectivity index (χ2v) is 13.5. The Bertz CT molecular complexity index is 1500. The molecule has 1 amide bonds. The number of carbonyl (C=O) groups excluding carboxylic acids is 1. The van der Waals surface area contributed by atoms with Gasteiger partial charge in [-0.15, -0.1) is 0 Å². The van der Waals surface area contributed by atoms with Crippen molar-refractivity contribution >= 4 is 27.3 Å². The van der Waals surface area contributed by atoms with Gasteiger partial charge in [0.25, 0.3) is 5.91 Å². The van der Waals surface area contributed by atoms with Crippen molar-refractivity contribution in [2.24, 2.45) is 16.9 Å². The normalized spacial score (nSPS) is 23.5. The predicted octanol–water partition coefficient (Wildman–Crippen LogP) is 3.76. The molecule has 3 heterocycles. The Hall–Kier alpha value is -3.29. The summed E-state index contributed by atoms with van der Waals surface area (Å²) in [7, 11) is -3.26. The number of hydrazone groups is 1. The molecule has 2 aliphatic carbocycles. The van der Waals surface area contributed by atoms with Crippen LogP contribution in [0.5, 0.6) is 0 Å². The van der Waals surface area contributed by atoms with E-state index in [0.29, 0.717) is 55.1 Å². The lowest BCUT2D eigenvalue weighted by Crippen LogP contribution is -2.46. The van der Waals surface area contributed by atoms with Gasteiger partial charge >= 0.3 is 0 Å². The summed E-state index contributed by atoms with van der Waals surface area (Å²) in [4.78, 5) is 19.9. The number of sulfonamides is 1. The van der Waals surface area contributed by atoms with Gasteiger partial charge in [-0.1, -0.05) is 12.8 Å². The average molecular weight is 561 g/mol. The molecule has 0 radical (unpaired) electrons. The maximum Gasteiger partial charge on any atom is 0.272 e. The number of rotatable bonds is 5. The van der Waals surface area contributed by atoms with E-state index in [4.69, 9.17) is 10.1 Å². The minimum absolute atomic E-state index is 0.102. The lowest BCUT2D eigenvalue weighted by molar-refractivity contribution is 0.0705. The molecule has 1 saturated carbocycles. The van der Waals surface area contributed by atoms with Gasteiger partial charge in [-0.3, -0.25) is 9.80 Å². The summed E-state index contributed by atoms with van der Waals surface area (Å²) in [6.07, 6.45) is 9.06. The van der Waals surface area contributed by atoms with Crippen molar-refractivity contribution in [1.29, 1.82) is 5.26 Å².